The van der Waals surface area contributed by atoms with Crippen molar-refractivity contribution < 1.29 is 83.0 Å². The summed E-state index contributed by atoms with van der Waals surface area (Å²) in [7, 11) is 0.345. The Morgan fingerprint density at radius 2 is 0.880 bits per heavy atom. The molecule has 7 N–H and O–H groups in total. The fourth-order valence-corrected chi connectivity index (χ4v) is 12.5. The highest BCUT2D eigenvalue weighted by molar-refractivity contribution is 9.10. The Morgan fingerprint density at radius 3 is 1.34 bits per heavy atom. The van der Waals surface area contributed by atoms with Gasteiger partial charge in [-0.2, -0.15) is 19.2 Å². The summed E-state index contributed by atoms with van der Waals surface area (Å²) in [4.78, 5) is 89.7. The minimum Gasteiger partial charge on any atom is -0.508 e. The van der Waals surface area contributed by atoms with Gasteiger partial charge in [0.05, 0.1) is 17.2 Å². The van der Waals surface area contributed by atoms with Crippen LogP contribution >= 0.6 is 55.1 Å². The van der Waals surface area contributed by atoms with Crippen LogP contribution in [0.4, 0.5) is 27.1 Å². The number of amides is 4. The lowest BCUT2D eigenvalue weighted by Crippen LogP contribution is -2.29. The Morgan fingerprint density at radius 1 is 0.487 bits per heavy atom. The van der Waals surface area contributed by atoms with E-state index >= 15 is 0 Å². The molecule has 0 bridgehead atoms. The summed E-state index contributed by atoms with van der Waals surface area (Å²) in [6, 6.07) is 69.0. The van der Waals surface area contributed by atoms with Gasteiger partial charge >= 0.3 is 25.4 Å². The van der Waals surface area contributed by atoms with E-state index in [1.54, 1.807) is 48.5 Å². The topological polar surface area (TPSA) is 299 Å². The average Bonchev–Trinajstić information content (AvgIpc) is 0.792. The maximum absolute atomic E-state index is 11.7. The van der Waals surface area contributed by atoms with Gasteiger partial charge in [-0.1, -0.05) is 208 Å². The lowest BCUT2D eigenvalue weighted by atomic mass is 9.81. The summed E-state index contributed by atoms with van der Waals surface area (Å²) in [5.41, 5.74) is 16.6. The molecule has 0 spiro atoms. The summed E-state index contributed by atoms with van der Waals surface area (Å²) >= 11 is 18.5. The van der Waals surface area contributed by atoms with Crippen LogP contribution in [0.5, 0.6) is 23.0 Å². The molecule has 14 rings (SSSR count). The Hall–Kier alpha value is -11.0. The van der Waals surface area contributed by atoms with Crippen LogP contribution < -0.4 is 40.9 Å². The molecule has 616 valence electrons. The van der Waals surface area contributed by atoms with Crippen LogP contribution in [-0.4, -0.2) is 77.0 Å². The number of halogens is 5. The van der Waals surface area contributed by atoms with Gasteiger partial charge in [0, 0.05) is 95.0 Å². The van der Waals surface area contributed by atoms with Gasteiger partial charge in [-0.3, -0.25) is 23.6 Å². The zero-order chi connectivity index (χ0) is 86.0. The molecule has 0 saturated heterocycles. The Balaban J connectivity index is 0.000000297. The van der Waals surface area contributed by atoms with Crippen molar-refractivity contribution in [3.05, 3.63) is 289 Å². The Bertz CT molecular complexity index is 4890. The predicted octanol–water partition coefficient (Wildman–Crippen LogP) is 19.6. The van der Waals surface area contributed by atoms with E-state index in [2.05, 4.69) is 104 Å². The summed E-state index contributed by atoms with van der Waals surface area (Å²) in [5, 5.41) is 39.9. The van der Waals surface area contributed by atoms with Crippen LogP contribution in [0.25, 0.3) is 11.1 Å². The molecule has 0 atom stereocenters. The number of benzene rings is 10. The fraction of sp³-hybridized carbons (Fsp3) is 0.264. The van der Waals surface area contributed by atoms with Crippen LogP contribution in [0.15, 0.2) is 223 Å². The number of aryl methyl sites for hydroxylation is 4. The molecule has 26 heteroatoms. The van der Waals surface area contributed by atoms with Crippen molar-refractivity contribution in [2.45, 2.75) is 145 Å². The molecule has 0 aliphatic carbocycles. The van der Waals surface area contributed by atoms with Crippen LogP contribution in [0, 0.1) is 5.41 Å². The summed E-state index contributed by atoms with van der Waals surface area (Å²) in [6.45, 7) is 13.8. The summed E-state index contributed by atoms with van der Waals surface area (Å²) < 4.78 is 39.3. The van der Waals surface area contributed by atoms with E-state index < -0.39 is 12.7 Å². The number of carbonyl (C=O) groups excluding carboxylic acids is 9. The number of nitrogens with one attached hydrogen (secondary N) is 4. The van der Waals surface area contributed by atoms with Crippen LogP contribution in [0.3, 0.4) is 0 Å². The molecule has 0 fully saturated rings. The normalized spacial score (nSPS) is 12.1. The number of hydrogen-bond donors (Lipinski definition) is 7. The van der Waals surface area contributed by atoms with E-state index in [9.17, 15) is 28.4 Å². The Kier molecular flexibility index (Phi) is 41.6. The van der Waals surface area contributed by atoms with Crippen molar-refractivity contribution >= 4 is 132 Å². The number of phenols is 1. The number of hydrogen-bond acceptors (Lipinski definition) is 16. The van der Waals surface area contributed by atoms with Gasteiger partial charge in [0.25, 0.3) is 0 Å². The third kappa shape index (κ3) is 35.1. The molecular formula is C91H98BBr2Cl2FN4O16. The minimum absolute atomic E-state index is 0. The number of anilines is 4. The van der Waals surface area contributed by atoms with Gasteiger partial charge in [-0.05, 0) is 196 Å². The molecule has 10 aromatic rings. The first-order valence-electron chi connectivity index (χ1n) is 37.3. The van der Waals surface area contributed by atoms with Crippen molar-refractivity contribution in [2.75, 3.05) is 28.4 Å². The van der Waals surface area contributed by atoms with E-state index in [1.807, 2.05) is 160 Å². The van der Waals surface area contributed by atoms with Gasteiger partial charge in [0.1, 0.15) is 48.4 Å². The Labute approximate surface area is 712 Å². The maximum Gasteiger partial charge on any atom is 0.488 e. The largest absolute Gasteiger partial charge is 0.508 e. The number of rotatable bonds is 14. The molecule has 0 saturated carbocycles. The number of carbonyl (C=O) groups is 5. The van der Waals surface area contributed by atoms with Crippen LogP contribution in [0.1, 0.15) is 144 Å². The number of aromatic hydroxyl groups is 1. The maximum atomic E-state index is 11.7. The van der Waals surface area contributed by atoms with Crippen molar-refractivity contribution in [2.24, 2.45) is 5.41 Å². The van der Waals surface area contributed by atoms with E-state index in [0.29, 0.717) is 79.2 Å². The molecule has 4 aliphatic rings. The number of ether oxygens (including phenoxy) is 4. The lowest BCUT2D eigenvalue weighted by molar-refractivity contribution is -0.193. The predicted molar refractivity (Wildman–Crippen MR) is 465 cm³/mol. The van der Waals surface area contributed by atoms with E-state index in [1.165, 1.54) is 18.5 Å². The van der Waals surface area contributed by atoms with E-state index in [0.717, 1.165) is 132 Å². The molecule has 0 unspecified atom stereocenters. The third-order valence-electron chi connectivity index (χ3n) is 16.8. The van der Waals surface area contributed by atoms with Gasteiger partial charge in [0.15, 0.2) is 0 Å². The molecule has 4 heterocycles. The lowest BCUT2D eigenvalue weighted by Gasteiger charge is -2.21. The van der Waals surface area contributed by atoms with Gasteiger partial charge in [0.2, 0.25) is 23.6 Å². The zero-order valence-electron chi connectivity index (χ0n) is 66.6. The second-order valence-electron chi connectivity index (χ2n) is 28.1. The van der Waals surface area contributed by atoms with Crippen LogP contribution in [0.2, 0.25) is 10.0 Å². The molecule has 4 amide bonds. The third-order valence-corrected chi connectivity index (χ3v) is 18.6. The monoisotopic (exact) mass is 1760 g/mol. The highest BCUT2D eigenvalue weighted by Crippen LogP contribution is 2.39. The average molecular weight is 1770 g/mol. The first kappa shape index (κ1) is 96.5. The highest BCUT2D eigenvalue weighted by Gasteiger charge is 2.23. The quantitative estimate of drug-likeness (QED) is 0.0302. The molecular weight excluding hydrogens is 1670 g/mol. The summed E-state index contributed by atoms with van der Waals surface area (Å²) in [5.74, 6) is 2.41. The minimum atomic E-state index is -1.41. The number of phenolic OH excluding ortho intramolecular Hbond substituents is 1. The van der Waals surface area contributed by atoms with Crippen molar-refractivity contribution in [1.29, 1.82) is 0 Å². The number of alkyl halides is 2. The smallest absolute Gasteiger partial charge is 0.488 e. The molecule has 20 nitrogen and oxygen atoms in total. The molecule has 0 radical (unpaired) electrons. The van der Waals surface area contributed by atoms with Gasteiger partial charge in [-0.15, -0.1) is 0 Å². The van der Waals surface area contributed by atoms with Gasteiger partial charge < -0.3 is 55.4 Å². The zero-order valence-corrected chi connectivity index (χ0v) is 70.3. The molecule has 117 heavy (non-hydrogen) atoms. The van der Waals surface area contributed by atoms with E-state index in [4.69, 9.17) is 77.9 Å². The van der Waals surface area contributed by atoms with Crippen molar-refractivity contribution in [1.82, 2.24) is 0 Å². The van der Waals surface area contributed by atoms with Crippen molar-refractivity contribution in [3.8, 4) is 34.1 Å². The SMILES string of the molecule is C.CC(C)(C)Cc1ccc(COc2ccc3c(c2)NC(=O)CC3)cc1.CC(C)(C)OC(=O)c1ccc(CBr)cc1.CF.O=C1CCc2cc(-c3ccc(Cl)cc3)c(OCc3ccccc3)cc2N1.O=C1CCc2cc(Br)c(OCc3ccccc3)cc2N1.O=C1CCc2ccc(O)cc2N1.O=C=O.O=C=O.OB(O)c1ccc(Cl)cc1.[2H]C. The standard InChI is InChI=1S/C22H18ClNO2.C21H25NO2.C16H14BrNO2.C12H15BrO2.C9H9NO2.C6H6BClO2.CH3F.2CO2.2CH4/c23-18-9-6-16(7-10-18)19-12-17-8-11-22(25)24-20(17)13-21(19)26-14-15-4-2-1-3-5-15;1-21(2,3)13-15-4-6-16(7-5-15)14-24-18-10-8-17-9-11-20(23)22-19(17)12-18;17-13-8-12-6-7-16(19)18-14(12)9-15(13)20-10-11-4-2-1-3-5-11;1-12(2,3)15-11(14)10-6-4-9(8-13)5-7-10;11-7-3-1-6-2-4-9(12)10-8(6)5-7;8-6-3-1-5(2-4-6)7(9)10;1-2;2*2-1-3;;/h1-7,9-10,12-13H,8,11,14H2,(H,24,25);4-8,10,12H,9,11,13-14H2,1-3H3,(H,22,23);1-5,8-9H,6-7,10H2,(H,18,19);4-7H,8H2,1-3H3;1,3,5,11H,2,4H2,(H,10,12);1-4,9-10H;1H3;;;2*1H4/i;;;;;;;;;1D;. The van der Waals surface area contributed by atoms with E-state index in [-0.39, 0.29) is 55.1 Å². The fourth-order valence-electron chi connectivity index (χ4n) is 11.4. The van der Waals surface area contributed by atoms with Gasteiger partial charge in [-0.25, -0.2) is 4.79 Å². The van der Waals surface area contributed by atoms with Crippen LogP contribution in [-0.2, 0) is 100 Å². The first-order valence-corrected chi connectivity index (χ1v) is 39.0. The first-order chi connectivity index (χ1) is 56.0. The summed E-state index contributed by atoms with van der Waals surface area (Å²) in [6.07, 6.45) is 6.81. The highest BCUT2D eigenvalue weighted by atomic mass is 79.9. The number of esters is 1. The van der Waals surface area contributed by atoms with Crippen molar-refractivity contribution in [3.63, 3.8) is 0 Å². The second-order valence-corrected chi connectivity index (χ2v) is 30.4. The molecule has 10 aromatic carbocycles. The molecule has 4 aliphatic heterocycles. The number of fused-ring (bicyclic) bond motifs is 4. The second kappa shape index (κ2) is 50.4. The molecule has 0 aromatic heterocycles.